The molecule has 0 aromatic heterocycles. The lowest BCUT2D eigenvalue weighted by atomic mass is 10.2. The molecule has 2 N–H and O–H groups in total. The minimum Gasteiger partial charge on any atom is -0.496 e. The number of benzene rings is 3. The first-order chi connectivity index (χ1) is 16.5. The van der Waals surface area contributed by atoms with Crippen LogP contribution in [0.15, 0.2) is 77.9 Å². The lowest BCUT2D eigenvalue weighted by molar-refractivity contribution is -0.136. The highest BCUT2D eigenvalue weighted by atomic mass is 16.5. The van der Waals surface area contributed by atoms with Crippen LogP contribution in [0.1, 0.15) is 22.8 Å². The maximum atomic E-state index is 12.6. The Balaban J connectivity index is 1.61. The molecule has 0 atom stereocenters. The minimum atomic E-state index is -0.964. The number of carbonyl (C=O) groups excluding carboxylic acids is 3. The van der Waals surface area contributed by atoms with Crippen molar-refractivity contribution in [2.24, 2.45) is 5.10 Å². The molecule has 0 bridgehead atoms. The van der Waals surface area contributed by atoms with Crippen molar-refractivity contribution in [3.05, 3.63) is 83.9 Å². The van der Waals surface area contributed by atoms with Gasteiger partial charge >= 0.3 is 17.8 Å². The number of carbonyl (C=O) groups is 3. The maximum absolute atomic E-state index is 12.6. The van der Waals surface area contributed by atoms with Crippen molar-refractivity contribution in [1.29, 1.82) is 0 Å². The van der Waals surface area contributed by atoms with Gasteiger partial charge in [0.15, 0.2) is 0 Å². The van der Waals surface area contributed by atoms with E-state index < -0.39 is 17.8 Å². The number of rotatable bonds is 8. The van der Waals surface area contributed by atoms with Crippen molar-refractivity contribution in [1.82, 2.24) is 5.43 Å². The monoisotopic (exact) mass is 461 g/mol. The predicted molar refractivity (Wildman–Crippen MR) is 126 cm³/mol. The molecule has 174 valence electrons. The fourth-order valence-electron chi connectivity index (χ4n) is 2.85. The minimum absolute atomic E-state index is 0.218. The van der Waals surface area contributed by atoms with Crippen LogP contribution in [-0.4, -0.2) is 37.7 Å². The average Bonchev–Trinajstić information content (AvgIpc) is 2.86. The van der Waals surface area contributed by atoms with Gasteiger partial charge in [0.25, 0.3) is 0 Å². The van der Waals surface area contributed by atoms with Gasteiger partial charge in [0, 0.05) is 11.3 Å². The van der Waals surface area contributed by atoms with E-state index in [1.54, 1.807) is 72.8 Å². The van der Waals surface area contributed by atoms with E-state index in [4.69, 9.17) is 14.2 Å². The third-order valence-electron chi connectivity index (χ3n) is 4.45. The molecule has 3 aromatic carbocycles. The van der Waals surface area contributed by atoms with Crippen molar-refractivity contribution in [2.45, 2.75) is 6.92 Å². The van der Waals surface area contributed by atoms with E-state index in [2.05, 4.69) is 15.8 Å². The Morgan fingerprint density at radius 3 is 2.26 bits per heavy atom. The van der Waals surface area contributed by atoms with Crippen molar-refractivity contribution >= 4 is 29.7 Å². The summed E-state index contributed by atoms with van der Waals surface area (Å²) in [6.45, 7) is 2.39. The number of hydrogen-bond donors (Lipinski definition) is 2. The zero-order valence-corrected chi connectivity index (χ0v) is 18.6. The van der Waals surface area contributed by atoms with Gasteiger partial charge in [-0.25, -0.2) is 10.2 Å². The summed E-state index contributed by atoms with van der Waals surface area (Å²) >= 11 is 0. The number of nitrogens with zero attached hydrogens (tertiary/aromatic N) is 1. The molecule has 9 heteroatoms. The van der Waals surface area contributed by atoms with Crippen LogP contribution in [0.3, 0.4) is 0 Å². The summed E-state index contributed by atoms with van der Waals surface area (Å²) in [6, 6.07) is 19.9. The Bertz CT molecular complexity index is 1190. The van der Waals surface area contributed by atoms with E-state index >= 15 is 0 Å². The largest absolute Gasteiger partial charge is 0.496 e. The molecule has 9 nitrogen and oxygen atoms in total. The van der Waals surface area contributed by atoms with Gasteiger partial charge in [-0.3, -0.25) is 9.59 Å². The highest BCUT2D eigenvalue weighted by molar-refractivity contribution is 6.39. The Morgan fingerprint density at radius 1 is 0.882 bits per heavy atom. The molecule has 0 spiro atoms. The van der Waals surface area contributed by atoms with Gasteiger partial charge in [0.05, 0.1) is 19.9 Å². The van der Waals surface area contributed by atoms with Crippen LogP contribution in [0.5, 0.6) is 17.2 Å². The maximum Gasteiger partial charge on any atom is 0.347 e. The normalized spacial score (nSPS) is 10.4. The molecule has 0 unspecified atom stereocenters. The summed E-state index contributed by atoms with van der Waals surface area (Å²) in [7, 11) is 1.46. The smallest absolute Gasteiger partial charge is 0.347 e. The first-order valence-electron chi connectivity index (χ1n) is 10.3. The number of amides is 2. The van der Waals surface area contributed by atoms with Crippen molar-refractivity contribution in [3.63, 3.8) is 0 Å². The third-order valence-corrected chi connectivity index (χ3v) is 4.45. The molecule has 0 aliphatic rings. The molecule has 0 radical (unpaired) electrons. The molecule has 3 rings (SSSR count). The lowest BCUT2D eigenvalue weighted by Crippen LogP contribution is -2.32. The number of methoxy groups -OCH3 is 1. The predicted octanol–water partition coefficient (Wildman–Crippen LogP) is 3.40. The zero-order valence-electron chi connectivity index (χ0n) is 18.6. The highest BCUT2D eigenvalue weighted by Gasteiger charge is 2.16. The topological polar surface area (TPSA) is 115 Å². The summed E-state index contributed by atoms with van der Waals surface area (Å²) in [5.41, 5.74) is 3.25. The van der Waals surface area contributed by atoms with Gasteiger partial charge < -0.3 is 19.5 Å². The zero-order chi connectivity index (χ0) is 24.3. The fourth-order valence-corrected chi connectivity index (χ4v) is 2.85. The van der Waals surface area contributed by atoms with E-state index in [1.165, 1.54) is 13.3 Å². The first-order valence-corrected chi connectivity index (χ1v) is 10.3. The second kappa shape index (κ2) is 11.8. The molecule has 0 saturated heterocycles. The Labute approximate surface area is 196 Å². The molecule has 0 aliphatic carbocycles. The summed E-state index contributed by atoms with van der Waals surface area (Å²) in [5, 5.41) is 6.26. The molecule has 0 heterocycles. The number of anilines is 1. The second-order valence-electron chi connectivity index (χ2n) is 6.74. The van der Waals surface area contributed by atoms with E-state index in [0.29, 0.717) is 29.4 Å². The molecule has 0 saturated carbocycles. The van der Waals surface area contributed by atoms with Crippen LogP contribution in [0.4, 0.5) is 5.69 Å². The molecule has 2 amide bonds. The fraction of sp³-hybridized carbons (Fsp3) is 0.120. The van der Waals surface area contributed by atoms with Crippen LogP contribution >= 0.6 is 0 Å². The number of ether oxygens (including phenoxy) is 3. The van der Waals surface area contributed by atoms with Gasteiger partial charge in [-0.05, 0) is 55.5 Å². The lowest BCUT2D eigenvalue weighted by Gasteiger charge is -2.10. The van der Waals surface area contributed by atoms with Crippen LogP contribution in [0.25, 0.3) is 0 Å². The molecular formula is C25H23N3O6. The van der Waals surface area contributed by atoms with Crippen molar-refractivity contribution in [3.8, 4) is 17.2 Å². The van der Waals surface area contributed by atoms with Gasteiger partial charge in [0.1, 0.15) is 22.8 Å². The number of esters is 1. The van der Waals surface area contributed by atoms with Gasteiger partial charge in [-0.15, -0.1) is 0 Å². The van der Waals surface area contributed by atoms with E-state index in [1.807, 2.05) is 6.92 Å². The van der Waals surface area contributed by atoms with Gasteiger partial charge in [-0.2, -0.15) is 5.10 Å². The summed E-state index contributed by atoms with van der Waals surface area (Å²) in [6.07, 6.45) is 1.27. The Hall–Kier alpha value is -4.66. The van der Waals surface area contributed by atoms with E-state index in [0.717, 1.165) is 0 Å². The van der Waals surface area contributed by atoms with Crippen LogP contribution in [-0.2, 0) is 9.59 Å². The van der Waals surface area contributed by atoms with Crippen LogP contribution < -0.4 is 25.0 Å². The second-order valence-corrected chi connectivity index (χ2v) is 6.74. The Morgan fingerprint density at radius 2 is 1.56 bits per heavy atom. The highest BCUT2D eigenvalue weighted by Crippen LogP contribution is 2.22. The van der Waals surface area contributed by atoms with E-state index in [9.17, 15) is 14.4 Å². The SMILES string of the molecule is CCOc1ccc(NC(=O)C(=O)N/N=C/c2ccccc2OC(=O)c2ccccc2OC)cc1. The molecule has 3 aromatic rings. The Kier molecular flexibility index (Phi) is 8.34. The van der Waals surface area contributed by atoms with Crippen LogP contribution in [0, 0.1) is 0 Å². The quantitative estimate of drug-likeness (QED) is 0.175. The molecule has 0 aliphatic heterocycles. The standard InChI is InChI=1S/C25H23N3O6/c1-3-33-19-14-12-18(13-15-19)27-23(29)24(30)28-26-16-17-8-4-6-10-21(17)34-25(31)20-9-5-7-11-22(20)32-2/h4-16H,3H2,1-2H3,(H,27,29)(H,28,30)/b26-16+. The number of nitrogens with one attached hydrogen (secondary N) is 2. The molecular weight excluding hydrogens is 438 g/mol. The number of hydrazone groups is 1. The number of hydrogen-bond acceptors (Lipinski definition) is 7. The first kappa shape index (κ1) is 24.0. The molecule has 34 heavy (non-hydrogen) atoms. The van der Waals surface area contributed by atoms with E-state index in [-0.39, 0.29) is 11.3 Å². The summed E-state index contributed by atoms with van der Waals surface area (Å²) in [5.74, 6) is -1.22. The average molecular weight is 461 g/mol. The van der Waals surface area contributed by atoms with Crippen LogP contribution in [0.2, 0.25) is 0 Å². The number of para-hydroxylation sites is 2. The van der Waals surface area contributed by atoms with Crippen molar-refractivity contribution in [2.75, 3.05) is 19.0 Å². The van der Waals surface area contributed by atoms with Gasteiger partial charge in [0.2, 0.25) is 0 Å². The van der Waals surface area contributed by atoms with Gasteiger partial charge in [-0.1, -0.05) is 24.3 Å². The summed E-state index contributed by atoms with van der Waals surface area (Å²) < 4.78 is 16.0. The van der Waals surface area contributed by atoms with Crippen molar-refractivity contribution < 1.29 is 28.6 Å². The molecule has 0 fully saturated rings. The summed E-state index contributed by atoms with van der Waals surface area (Å²) in [4.78, 5) is 36.7. The third kappa shape index (κ3) is 6.42.